The molecule has 3 heteroatoms. The van der Waals surface area contributed by atoms with Gasteiger partial charge in [0.1, 0.15) is 0 Å². The highest BCUT2D eigenvalue weighted by Gasteiger charge is 1.52. The van der Waals surface area contributed by atoms with Crippen LogP contribution in [0.2, 0.25) is 0 Å². The van der Waals surface area contributed by atoms with Crippen LogP contribution < -0.4 is 11.5 Å². The highest BCUT2D eigenvalue weighted by Crippen LogP contribution is 1.13. The molecule has 24 valence electrons. The smallest absolute Gasteiger partial charge is 0.183 e. The highest BCUT2D eigenvalue weighted by atomic mass is 14.5. The zero-order valence-corrected chi connectivity index (χ0v) is 2.15. The molecule has 0 saturated heterocycles. The molecule has 0 rings (SSSR count). The van der Waals surface area contributed by atoms with E-state index in [4.69, 9.17) is 5.41 Å². The third-order valence-corrected chi connectivity index (χ3v) is 0. The Morgan fingerprint density at radius 2 is 1.50 bits per heavy atom. The maximum absolute atomic E-state index is 6.06. The summed E-state index contributed by atoms with van der Waals surface area (Å²) >= 11 is 0. The van der Waals surface area contributed by atoms with E-state index < -0.39 is 0 Å². The summed E-state index contributed by atoms with van der Waals surface area (Å²) in [6, 6.07) is 0. The molecule has 0 aliphatic carbocycles. The van der Waals surface area contributed by atoms with E-state index in [0.29, 0.717) is 0 Å². The Hall–Kier alpha value is -0.730. The van der Waals surface area contributed by atoms with Crippen LogP contribution in [0.4, 0.5) is 0 Å². The predicted molar refractivity (Wildman–Crippen MR) is 16.1 cm³/mol. The summed E-state index contributed by atoms with van der Waals surface area (Å²) in [5, 5.41) is 6.06. The number of hydrogen-bond donors (Lipinski definition) is 3. The number of rotatable bonds is 0. The number of guanidine groups is 1. The lowest BCUT2D eigenvalue weighted by Crippen LogP contribution is -2.20. The Morgan fingerprint density at radius 3 is 1.50 bits per heavy atom. The van der Waals surface area contributed by atoms with Gasteiger partial charge in [0.05, 0.1) is 0 Å². The lowest BCUT2D eigenvalue weighted by atomic mass is 8.57. The molecule has 0 amide bonds. The summed E-state index contributed by atoms with van der Waals surface area (Å²) in [5.41, 5.74) is 8.94. The predicted octanol–water partition coefficient (Wildman–Crippen LogP) is -1.16. The first kappa shape index (κ1) is 3.27. The van der Waals surface area contributed by atoms with Gasteiger partial charge in [0.15, 0.2) is 5.96 Å². The van der Waals surface area contributed by atoms with Crippen molar-refractivity contribution in [1.82, 2.24) is 0 Å². The van der Waals surface area contributed by atoms with Crippen molar-refractivity contribution in [3.8, 4) is 0 Å². The first-order chi connectivity index (χ1) is 1.73. The second kappa shape index (κ2) is 0.711. The molecule has 0 spiro atoms. The van der Waals surface area contributed by atoms with Crippen molar-refractivity contribution >= 4 is 5.96 Å². The SMILES string of the molecule is N=[9C](N)N. The van der Waals surface area contributed by atoms with E-state index >= 15 is 0 Å². The number of nitrogens with one attached hydrogen (secondary N) is 1. The zero-order valence-electron chi connectivity index (χ0n) is 2.15. The van der Waals surface area contributed by atoms with Crippen molar-refractivity contribution < 1.29 is 0 Å². The summed E-state index contributed by atoms with van der Waals surface area (Å²) < 4.78 is 0. The van der Waals surface area contributed by atoms with Crippen molar-refractivity contribution in [2.24, 2.45) is 11.5 Å². The molecule has 0 bridgehead atoms. The fourth-order valence-corrected chi connectivity index (χ4v) is 0. The summed E-state index contributed by atoms with van der Waals surface area (Å²) in [6.07, 6.45) is 0. The van der Waals surface area contributed by atoms with Crippen LogP contribution >= 0.6 is 0 Å². The standard InChI is InChI=1S/CH5N3/c2-1(3)4/h(H5,2,3,4)/i1-3. The van der Waals surface area contributed by atoms with Crippen molar-refractivity contribution in [1.29, 1.82) is 5.41 Å². The van der Waals surface area contributed by atoms with Gasteiger partial charge in [-0.25, -0.2) is 0 Å². The molecule has 0 unspecified atom stereocenters. The lowest BCUT2D eigenvalue weighted by Gasteiger charge is -1.69. The van der Waals surface area contributed by atoms with Crippen LogP contribution in [0.3, 0.4) is 0 Å². The maximum Gasteiger partial charge on any atom is 0.183 e. The van der Waals surface area contributed by atoms with E-state index in [1.807, 2.05) is 0 Å². The monoisotopic (exact) mass is 56.1 g/mol. The Balaban J connectivity index is 2.80. The van der Waals surface area contributed by atoms with Gasteiger partial charge in [-0.05, 0) is 0 Å². The Kier molecular flexibility index (Phi) is 0.581. The van der Waals surface area contributed by atoms with Gasteiger partial charge < -0.3 is 11.5 Å². The van der Waals surface area contributed by atoms with Crippen LogP contribution in [0.1, 0.15) is 0 Å². The minimum absolute atomic E-state index is 0.333. The highest BCUT2D eigenvalue weighted by molar-refractivity contribution is 5.71. The second-order valence-electron chi connectivity index (χ2n) is 0.455. The molecule has 0 heterocycles. The Labute approximate surface area is 24.1 Å². The maximum atomic E-state index is 6.06. The summed E-state index contributed by atoms with van der Waals surface area (Å²) in [5.74, 6) is -0.333. The molecule has 0 aromatic heterocycles. The van der Waals surface area contributed by atoms with Crippen molar-refractivity contribution in [2.75, 3.05) is 0 Å². The van der Waals surface area contributed by atoms with Gasteiger partial charge in [-0.15, -0.1) is 0 Å². The molecule has 0 aromatic rings. The molecule has 0 aliphatic heterocycles. The van der Waals surface area contributed by atoms with E-state index in [2.05, 4.69) is 11.5 Å². The van der Waals surface area contributed by atoms with E-state index in [1.165, 1.54) is 0 Å². The number of hydrogen-bond acceptors (Lipinski definition) is 1. The molecule has 0 saturated carbocycles. The first-order valence-electron chi connectivity index (χ1n) is 0.827. The normalized spacial score (nSPS) is 6.00. The van der Waals surface area contributed by atoms with E-state index in [0.717, 1.165) is 0 Å². The molecule has 0 aliphatic rings. The summed E-state index contributed by atoms with van der Waals surface area (Å²) in [6.45, 7) is 0. The van der Waals surface area contributed by atoms with E-state index in [-0.39, 0.29) is 5.96 Å². The zero-order chi connectivity index (χ0) is 3.58. The Bertz CT molecular complexity index is 26.3. The van der Waals surface area contributed by atoms with Gasteiger partial charge >= 0.3 is 0 Å². The van der Waals surface area contributed by atoms with E-state index in [9.17, 15) is 0 Å². The van der Waals surface area contributed by atoms with Crippen LogP contribution in [-0.2, 0) is 0 Å². The number of nitrogens with two attached hydrogens (primary N) is 2. The minimum atomic E-state index is -0.333. The van der Waals surface area contributed by atoms with E-state index in [1.54, 1.807) is 0 Å². The molecule has 3 nitrogen and oxygen atoms in total. The van der Waals surface area contributed by atoms with Crippen molar-refractivity contribution in [2.45, 2.75) is 0 Å². The van der Waals surface area contributed by atoms with Crippen LogP contribution in [0.25, 0.3) is 0 Å². The lowest BCUT2D eigenvalue weighted by molar-refractivity contribution is 1.39. The topological polar surface area (TPSA) is 75.9 Å². The summed E-state index contributed by atoms with van der Waals surface area (Å²) in [7, 11) is 0. The van der Waals surface area contributed by atoms with Gasteiger partial charge in [0, 0.05) is 0 Å². The third-order valence-electron chi connectivity index (χ3n) is 0. The van der Waals surface area contributed by atoms with Gasteiger partial charge in [-0.2, -0.15) is 0 Å². The second-order valence-corrected chi connectivity index (χ2v) is 0.455. The van der Waals surface area contributed by atoms with Crippen LogP contribution in [0, 0.1) is 5.41 Å². The molecule has 0 fully saturated rings. The average Bonchev–Trinajstić information content (AvgIpc) is 0.811. The minimum Gasteiger partial charge on any atom is -0.370 e. The van der Waals surface area contributed by atoms with Crippen LogP contribution in [0.5, 0.6) is 0 Å². The van der Waals surface area contributed by atoms with Gasteiger partial charge in [0.2, 0.25) is 0 Å². The van der Waals surface area contributed by atoms with Crippen LogP contribution in [0.15, 0.2) is 0 Å². The molecule has 0 radical (unpaired) electrons. The van der Waals surface area contributed by atoms with Gasteiger partial charge in [-0.3, -0.25) is 5.41 Å². The summed E-state index contributed by atoms with van der Waals surface area (Å²) in [4.78, 5) is 0. The molecule has 0 aromatic carbocycles. The molecule has 5 N–H and O–H groups in total. The quantitative estimate of drug-likeness (QED) is 0.242. The first-order valence-corrected chi connectivity index (χ1v) is 0.827. The van der Waals surface area contributed by atoms with Crippen molar-refractivity contribution in [3.63, 3.8) is 0 Å². The fraction of sp³-hybridized carbons (Fsp3) is 0. The fourth-order valence-electron chi connectivity index (χ4n) is 0. The largest absolute Gasteiger partial charge is 0.370 e. The molecular weight excluding hydrogens is 51.1 g/mol. The van der Waals surface area contributed by atoms with Gasteiger partial charge in [-0.1, -0.05) is 0 Å². The van der Waals surface area contributed by atoms with Crippen LogP contribution in [-0.4, -0.2) is 5.96 Å². The third kappa shape index (κ3) is 0.174. The molecule has 0 atom stereocenters. The molecular formula is CH5N3. The van der Waals surface area contributed by atoms with Crippen molar-refractivity contribution in [3.05, 3.63) is 0 Å². The average molecular weight is 56.1 g/mol. The molecule has 4 heavy (non-hydrogen) atoms. The Morgan fingerprint density at radius 1 is 1.50 bits per heavy atom. The van der Waals surface area contributed by atoms with Gasteiger partial charge in [0.25, 0.3) is 0 Å².